The predicted octanol–water partition coefficient (Wildman–Crippen LogP) is 2.42. The zero-order chi connectivity index (χ0) is 15.8. The van der Waals surface area contributed by atoms with Crippen molar-refractivity contribution in [3.8, 4) is 11.4 Å². The Bertz CT molecular complexity index is 721. The van der Waals surface area contributed by atoms with E-state index in [9.17, 15) is 4.79 Å². The summed E-state index contributed by atoms with van der Waals surface area (Å²) in [5.74, 6) is 2.29. The van der Waals surface area contributed by atoms with Crippen LogP contribution in [0.15, 0.2) is 24.3 Å². The van der Waals surface area contributed by atoms with Gasteiger partial charge >= 0.3 is 0 Å². The molecule has 1 aromatic carbocycles. The van der Waals surface area contributed by atoms with Gasteiger partial charge in [-0.05, 0) is 44.2 Å². The van der Waals surface area contributed by atoms with Crippen molar-refractivity contribution < 1.29 is 4.79 Å². The molecule has 4 N–H and O–H groups in total. The van der Waals surface area contributed by atoms with Crippen molar-refractivity contribution in [1.82, 2.24) is 15.2 Å². The van der Waals surface area contributed by atoms with Crippen molar-refractivity contribution in [2.24, 2.45) is 11.7 Å². The van der Waals surface area contributed by atoms with Gasteiger partial charge in [0.15, 0.2) is 5.82 Å². The van der Waals surface area contributed by atoms with Crippen molar-refractivity contribution in [2.75, 3.05) is 5.32 Å². The van der Waals surface area contributed by atoms with E-state index in [4.69, 9.17) is 5.73 Å². The Morgan fingerprint density at radius 2 is 2.13 bits per heavy atom. The van der Waals surface area contributed by atoms with Crippen LogP contribution in [0.3, 0.4) is 0 Å². The molecule has 6 nitrogen and oxygen atoms in total. The molecule has 2 fully saturated rings. The summed E-state index contributed by atoms with van der Waals surface area (Å²) in [5, 5.41) is 10.3. The highest BCUT2D eigenvalue weighted by atomic mass is 16.1. The first kappa shape index (κ1) is 14.4. The number of hydrogen-bond donors (Lipinski definition) is 3. The summed E-state index contributed by atoms with van der Waals surface area (Å²) < 4.78 is 0. The number of nitrogens with one attached hydrogen (secondary N) is 2. The van der Waals surface area contributed by atoms with Gasteiger partial charge in [0.2, 0.25) is 5.91 Å². The van der Waals surface area contributed by atoms with E-state index in [0.717, 1.165) is 36.3 Å². The topological polar surface area (TPSA) is 96.7 Å². The van der Waals surface area contributed by atoms with Gasteiger partial charge in [0.1, 0.15) is 5.82 Å². The number of benzene rings is 1. The Kier molecular flexibility index (Phi) is 3.61. The van der Waals surface area contributed by atoms with Crippen LogP contribution in [0.4, 0.5) is 5.69 Å². The predicted molar refractivity (Wildman–Crippen MR) is 87.7 cm³/mol. The van der Waals surface area contributed by atoms with Gasteiger partial charge in [0.25, 0.3) is 0 Å². The average Bonchev–Trinajstić information content (AvgIpc) is 3.11. The van der Waals surface area contributed by atoms with E-state index >= 15 is 0 Å². The van der Waals surface area contributed by atoms with Gasteiger partial charge in [0, 0.05) is 29.1 Å². The van der Waals surface area contributed by atoms with Crippen LogP contribution in [0.5, 0.6) is 0 Å². The highest BCUT2D eigenvalue weighted by molar-refractivity contribution is 5.93. The minimum absolute atomic E-state index is 0.0265. The third-order valence-electron chi connectivity index (χ3n) is 4.70. The second-order valence-corrected chi connectivity index (χ2v) is 6.66. The Morgan fingerprint density at radius 3 is 2.87 bits per heavy atom. The van der Waals surface area contributed by atoms with Gasteiger partial charge in [-0.15, -0.1) is 0 Å². The molecule has 2 unspecified atom stereocenters. The molecule has 0 bridgehead atoms. The van der Waals surface area contributed by atoms with Crippen molar-refractivity contribution in [3.63, 3.8) is 0 Å². The number of carbonyl (C=O) groups excluding carboxylic acids is 1. The Labute approximate surface area is 134 Å². The lowest BCUT2D eigenvalue weighted by molar-refractivity contribution is -0.119. The fourth-order valence-electron chi connectivity index (χ4n) is 3.18. The summed E-state index contributed by atoms with van der Waals surface area (Å²) in [6.07, 6.45) is 4.96. The summed E-state index contributed by atoms with van der Waals surface area (Å²) in [6.45, 7) is 0. The molecule has 2 aliphatic carbocycles. The number of H-pyrrole nitrogens is 1. The maximum atomic E-state index is 12.3. The molecule has 1 amide bonds. The molecule has 0 aliphatic heterocycles. The van der Waals surface area contributed by atoms with E-state index in [2.05, 4.69) is 20.5 Å². The molecule has 1 aromatic heterocycles. The maximum absolute atomic E-state index is 12.3. The summed E-state index contributed by atoms with van der Waals surface area (Å²) in [7, 11) is 0. The van der Waals surface area contributed by atoms with Crippen LogP contribution in [0.25, 0.3) is 11.4 Å². The molecule has 6 heteroatoms. The van der Waals surface area contributed by atoms with E-state index in [0.29, 0.717) is 11.7 Å². The van der Waals surface area contributed by atoms with Crippen LogP contribution in [0, 0.1) is 5.92 Å². The Morgan fingerprint density at radius 1 is 1.26 bits per heavy atom. The lowest BCUT2D eigenvalue weighted by atomic mass is 10.1. The molecule has 2 atom stereocenters. The highest BCUT2D eigenvalue weighted by Gasteiger charge is 2.28. The minimum atomic E-state index is 0.0265. The van der Waals surface area contributed by atoms with E-state index in [1.807, 2.05) is 24.3 Å². The van der Waals surface area contributed by atoms with Crippen molar-refractivity contribution in [2.45, 2.75) is 44.1 Å². The fraction of sp³-hybridized carbons (Fsp3) is 0.471. The van der Waals surface area contributed by atoms with Gasteiger partial charge in [-0.1, -0.05) is 12.1 Å². The van der Waals surface area contributed by atoms with Crippen molar-refractivity contribution in [3.05, 3.63) is 30.1 Å². The van der Waals surface area contributed by atoms with Gasteiger partial charge < -0.3 is 11.1 Å². The first-order chi connectivity index (χ1) is 11.2. The molecule has 4 rings (SSSR count). The largest absolute Gasteiger partial charge is 0.328 e. The minimum Gasteiger partial charge on any atom is -0.328 e. The molecule has 23 heavy (non-hydrogen) atoms. The highest BCUT2D eigenvalue weighted by Crippen LogP contribution is 2.38. The van der Waals surface area contributed by atoms with Gasteiger partial charge in [-0.25, -0.2) is 4.98 Å². The number of carbonyl (C=O) groups is 1. The zero-order valence-corrected chi connectivity index (χ0v) is 13.0. The SMILES string of the molecule is NC1CCC(C(=O)Nc2cccc(-c3n[nH]c(C4CC4)n3)c2)C1. The maximum Gasteiger partial charge on any atom is 0.227 e. The number of nitrogens with two attached hydrogens (primary N) is 1. The number of aromatic nitrogens is 3. The Hall–Kier alpha value is -2.21. The van der Waals surface area contributed by atoms with Crippen LogP contribution in [-0.2, 0) is 4.79 Å². The van der Waals surface area contributed by atoms with Crippen LogP contribution in [0.1, 0.15) is 43.8 Å². The number of hydrogen-bond acceptors (Lipinski definition) is 4. The molecule has 1 heterocycles. The van der Waals surface area contributed by atoms with Gasteiger partial charge in [-0.2, -0.15) is 5.10 Å². The van der Waals surface area contributed by atoms with Crippen LogP contribution >= 0.6 is 0 Å². The van der Waals surface area contributed by atoms with Crippen molar-refractivity contribution >= 4 is 11.6 Å². The second-order valence-electron chi connectivity index (χ2n) is 6.66. The van der Waals surface area contributed by atoms with Crippen molar-refractivity contribution in [1.29, 1.82) is 0 Å². The summed E-state index contributed by atoms with van der Waals surface area (Å²) in [4.78, 5) is 16.9. The number of rotatable bonds is 4. The summed E-state index contributed by atoms with van der Waals surface area (Å²) >= 11 is 0. The standard InChI is InChI=1S/C17H21N5O/c18-13-7-6-12(8-13)17(23)19-14-3-1-2-11(9-14)16-20-15(21-22-16)10-4-5-10/h1-3,9-10,12-13H,4-8,18H2,(H,19,23)(H,20,21,22). The fourth-order valence-corrected chi connectivity index (χ4v) is 3.18. The van der Waals surface area contributed by atoms with E-state index in [1.54, 1.807) is 0 Å². The third-order valence-corrected chi connectivity index (χ3v) is 4.70. The monoisotopic (exact) mass is 311 g/mol. The second kappa shape index (κ2) is 5.77. The van der Waals surface area contributed by atoms with E-state index in [-0.39, 0.29) is 17.9 Å². The lowest BCUT2D eigenvalue weighted by Gasteiger charge is -2.11. The molecule has 2 aliphatic rings. The first-order valence-corrected chi connectivity index (χ1v) is 8.28. The summed E-state index contributed by atoms with van der Waals surface area (Å²) in [6, 6.07) is 7.85. The number of amides is 1. The molecule has 120 valence electrons. The number of nitrogens with zero attached hydrogens (tertiary/aromatic N) is 2. The molecular formula is C17H21N5O. The first-order valence-electron chi connectivity index (χ1n) is 8.28. The smallest absolute Gasteiger partial charge is 0.227 e. The molecule has 0 radical (unpaired) electrons. The van der Waals surface area contributed by atoms with Crippen LogP contribution in [-0.4, -0.2) is 27.1 Å². The van der Waals surface area contributed by atoms with Gasteiger partial charge in [0.05, 0.1) is 0 Å². The molecule has 0 spiro atoms. The Balaban J connectivity index is 1.48. The third kappa shape index (κ3) is 3.12. The normalized spacial score (nSPS) is 23.9. The molecule has 0 saturated heterocycles. The molecule has 2 aromatic rings. The molecular weight excluding hydrogens is 290 g/mol. The quantitative estimate of drug-likeness (QED) is 0.807. The van der Waals surface area contributed by atoms with Crippen LogP contribution < -0.4 is 11.1 Å². The molecule has 2 saturated carbocycles. The number of aromatic amines is 1. The average molecular weight is 311 g/mol. The van der Waals surface area contributed by atoms with Gasteiger partial charge in [-0.3, -0.25) is 9.89 Å². The van der Waals surface area contributed by atoms with E-state index < -0.39 is 0 Å². The number of anilines is 1. The van der Waals surface area contributed by atoms with E-state index in [1.165, 1.54) is 12.8 Å². The zero-order valence-electron chi connectivity index (χ0n) is 13.0. The summed E-state index contributed by atoms with van der Waals surface area (Å²) in [5.41, 5.74) is 7.58. The van der Waals surface area contributed by atoms with Crippen LogP contribution in [0.2, 0.25) is 0 Å². The lowest BCUT2D eigenvalue weighted by Crippen LogP contribution is -2.23.